The monoisotopic (exact) mass is 472 g/mol. The largest absolute Gasteiger partial charge is 0.306 e. The lowest BCUT2D eigenvalue weighted by molar-refractivity contribution is 0.0611. The summed E-state index contributed by atoms with van der Waals surface area (Å²) in [5.74, 6) is -1.79. The summed E-state index contributed by atoms with van der Waals surface area (Å²) in [6.07, 6.45) is 0. The van der Waals surface area contributed by atoms with Crippen LogP contribution in [0.25, 0.3) is 10.8 Å². The highest BCUT2D eigenvalue weighted by atomic mass is 35.5. The standard InChI is InChI=1S/C27H18ClFN2O3/c28-19-8-1-7-18(15-19)25(32)30(21-10-4-9-20(29)16-21)13-14-31-26(33)22-11-2-5-17-6-3-12-23(24(17)22)27(31)34/h1-12,15-16H,13-14H2. The first-order chi connectivity index (χ1) is 16.4. The number of amides is 3. The molecule has 0 bridgehead atoms. The average molecular weight is 473 g/mol. The van der Waals surface area contributed by atoms with Crippen LogP contribution in [0, 0.1) is 5.82 Å². The minimum absolute atomic E-state index is 0.0234. The molecule has 34 heavy (non-hydrogen) atoms. The Morgan fingerprint density at radius 2 is 1.50 bits per heavy atom. The number of hydrogen-bond acceptors (Lipinski definition) is 3. The highest BCUT2D eigenvalue weighted by molar-refractivity contribution is 6.31. The lowest BCUT2D eigenvalue weighted by atomic mass is 9.94. The molecule has 0 aliphatic carbocycles. The Kier molecular flexibility index (Phi) is 5.59. The molecule has 5 nitrogen and oxygen atoms in total. The summed E-state index contributed by atoms with van der Waals surface area (Å²) >= 11 is 6.06. The molecule has 7 heteroatoms. The molecule has 0 saturated carbocycles. The van der Waals surface area contributed by atoms with Gasteiger partial charge in [-0.25, -0.2) is 4.39 Å². The van der Waals surface area contributed by atoms with Crippen molar-refractivity contribution in [1.29, 1.82) is 0 Å². The van der Waals surface area contributed by atoms with Crippen molar-refractivity contribution in [3.8, 4) is 0 Å². The van der Waals surface area contributed by atoms with Crippen LogP contribution in [0.2, 0.25) is 5.02 Å². The Balaban J connectivity index is 1.48. The van der Waals surface area contributed by atoms with E-state index in [0.29, 0.717) is 32.8 Å². The smallest absolute Gasteiger partial charge is 0.261 e. The van der Waals surface area contributed by atoms with Crippen molar-refractivity contribution in [2.45, 2.75) is 0 Å². The van der Waals surface area contributed by atoms with Gasteiger partial charge in [0.1, 0.15) is 5.82 Å². The van der Waals surface area contributed by atoms with E-state index in [-0.39, 0.29) is 13.1 Å². The maximum absolute atomic E-state index is 14.0. The van der Waals surface area contributed by atoms with Gasteiger partial charge in [0, 0.05) is 45.9 Å². The Bertz CT molecular complexity index is 1420. The van der Waals surface area contributed by atoms with E-state index in [1.165, 1.54) is 29.2 Å². The van der Waals surface area contributed by atoms with Crippen molar-refractivity contribution >= 4 is 45.8 Å². The minimum atomic E-state index is -0.507. The molecular weight excluding hydrogens is 455 g/mol. The predicted molar refractivity (Wildman–Crippen MR) is 129 cm³/mol. The molecule has 0 aromatic heterocycles. The molecule has 1 heterocycles. The lowest BCUT2D eigenvalue weighted by Crippen LogP contribution is -2.46. The van der Waals surface area contributed by atoms with E-state index in [2.05, 4.69) is 0 Å². The highest BCUT2D eigenvalue weighted by Crippen LogP contribution is 2.30. The second-order valence-electron chi connectivity index (χ2n) is 7.92. The first-order valence-corrected chi connectivity index (χ1v) is 11.0. The zero-order chi connectivity index (χ0) is 23.8. The van der Waals surface area contributed by atoms with Gasteiger partial charge in [0.15, 0.2) is 0 Å². The highest BCUT2D eigenvalue weighted by Gasteiger charge is 2.33. The summed E-state index contributed by atoms with van der Waals surface area (Å²) < 4.78 is 14.0. The van der Waals surface area contributed by atoms with Gasteiger partial charge in [-0.1, -0.05) is 48.0 Å². The number of benzene rings is 4. The fourth-order valence-electron chi connectivity index (χ4n) is 4.25. The molecule has 4 aromatic rings. The number of hydrogen-bond donors (Lipinski definition) is 0. The van der Waals surface area contributed by atoms with E-state index >= 15 is 0 Å². The molecule has 0 unspecified atom stereocenters. The number of carbonyl (C=O) groups excluding carboxylic acids is 3. The number of rotatable bonds is 5. The van der Waals surface area contributed by atoms with Gasteiger partial charge in [0.2, 0.25) is 0 Å². The van der Waals surface area contributed by atoms with Crippen LogP contribution in [0.4, 0.5) is 10.1 Å². The number of carbonyl (C=O) groups is 3. The van der Waals surface area contributed by atoms with Crippen molar-refractivity contribution < 1.29 is 18.8 Å². The van der Waals surface area contributed by atoms with Gasteiger partial charge in [0.05, 0.1) is 0 Å². The quantitative estimate of drug-likeness (QED) is 0.356. The van der Waals surface area contributed by atoms with Crippen LogP contribution in [-0.4, -0.2) is 35.7 Å². The Morgan fingerprint density at radius 3 is 2.15 bits per heavy atom. The lowest BCUT2D eigenvalue weighted by Gasteiger charge is -2.30. The van der Waals surface area contributed by atoms with E-state index in [4.69, 9.17) is 11.6 Å². The molecule has 0 N–H and O–H groups in total. The third kappa shape index (κ3) is 3.82. The Labute approximate surface area is 200 Å². The number of anilines is 1. The van der Waals surface area contributed by atoms with E-state index < -0.39 is 23.5 Å². The third-order valence-corrected chi connectivity index (χ3v) is 6.07. The zero-order valence-electron chi connectivity index (χ0n) is 17.9. The summed E-state index contributed by atoms with van der Waals surface area (Å²) in [6, 6.07) is 22.7. The van der Waals surface area contributed by atoms with E-state index in [0.717, 1.165) is 10.3 Å². The van der Waals surface area contributed by atoms with Gasteiger partial charge in [-0.2, -0.15) is 0 Å². The number of imide groups is 1. The van der Waals surface area contributed by atoms with Crippen LogP contribution >= 0.6 is 11.6 Å². The van der Waals surface area contributed by atoms with Crippen molar-refractivity contribution in [2.24, 2.45) is 0 Å². The molecule has 0 saturated heterocycles. The summed E-state index contributed by atoms with van der Waals surface area (Å²) in [6.45, 7) is -0.0877. The van der Waals surface area contributed by atoms with E-state index in [1.54, 1.807) is 48.5 Å². The average Bonchev–Trinajstić information content (AvgIpc) is 2.84. The summed E-state index contributed by atoms with van der Waals surface area (Å²) in [5.41, 5.74) is 1.49. The van der Waals surface area contributed by atoms with Gasteiger partial charge in [-0.05, 0) is 53.9 Å². The Hall–Kier alpha value is -4.03. The molecule has 0 radical (unpaired) electrons. The summed E-state index contributed by atoms with van der Waals surface area (Å²) in [7, 11) is 0. The van der Waals surface area contributed by atoms with Gasteiger partial charge in [-0.15, -0.1) is 0 Å². The molecule has 0 atom stereocenters. The maximum atomic E-state index is 14.0. The maximum Gasteiger partial charge on any atom is 0.261 e. The molecule has 4 aromatic carbocycles. The number of nitrogens with zero attached hydrogens (tertiary/aromatic N) is 2. The SMILES string of the molecule is O=C1c2cccc3cccc(c23)C(=O)N1CCN(C(=O)c1cccc(Cl)c1)c1cccc(F)c1. The van der Waals surface area contributed by atoms with Crippen LogP contribution in [0.3, 0.4) is 0 Å². The molecule has 3 amide bonds. The van der Waals surface area contributed by atoms with Gasteiger partial charge in [0.25, 0.3) is 17.7 Å². The molecule has 0 spiro atoms. The topological polar surface area (TPSA) is 57.7 Å². The molecule has 1 aliphatic rings. The summed E-state index contributed by atoms with van der Waals surface area (Å²) in [5, 5.41) is 1.83. The third-order valence-electron chi connectivity index (χ3n) is 5.84. The zero-order valence-corrected chi connectivity index (χ0v) is 18.6. The second kappa shape index (κ2) is 8.72. The molecule has 5 rings (SSSR count). The van der Waals surface area contributed by atoms with Crippen LogP contribution in [-0.2, 0) is 0 Å². The van der Waals surface area contributed by atoms with Crippen molar-refractivity contribution in [3.63, 3.8) is 0 Å². The van der Waals surface area contributed by atoms with Gasteiger partial charge < -0.3 is 4.90 Å². The number of halogens is 2. The van der Waals surface area contributed by atoms with E-state index in [9.17, 15) is 18.8 Å². The van der Waals surface area contributed by atoms with E-state index in [1.807, 2.05) is 12.1 Å². The fraction of sp³-hybridized carbons (Fsp3) is 0.0741. The molecule has 168 valence electrons. The summed E-state index contributed by atoms with van der Waals surface area (Å²) in [4.78, 5) is 42.3. The van der Waals surface area contributed by atoms with Crippen LogP contribution < -0.4 is 4.90 Å². The predicted octanol–water partition coefficient (Wildman–Crippen LogP) is 5.58. The van der Waals surface area contributed by atoms with Gasteiger partial charge in [-0.3, -0.25) is 19.3 Å². The Morgan fingerprint density at radius 1 is 0.853 bits per heavy atom. The first-order valence-electron chi connectivity index (χ1n) is 10.6. The molecule has 0 fully saturated rings. The van der Waals surface area contributed by atoms with Crippen molar-refractivity contribution in [3.05, 3.63) is 112 Å². The second-order valence-corrected chi connectivity index (χ2v) is 8.35. The van der Waals surface area contributed by atoms with Gasteiger partial charge >= 0.3 is 0 Å². The van der Waals surface area contributed by atoms with Crippen molar-refractivity contribution in [2.75, 3.05) is 18.0 Å². The molecular formula is C27H18ClFN2O3. The van der Waals surface area contributed by atoms with Crippen molar-refractivity contribution in [1.82, 2.24) is 4.90 Å². The van der Waals surface area contributed by atoms with Crippen LogP contribution in [0.1, 0.15) is 31.1 Å². The minimum Gasteiger partial charge on any atom is -0.306 e. The molecule has 1 aliphatic heterocycles. The fourth-order valence-corrected chi connectivity index (χ4v) is 4.44. The normalized spacial score (nSPS) is 12.8. The van der Waals surface area contributed by atoms with Crippen LogP contribution in [0.5, 0.6) is 0 Å². The van der Waals surface area contributed by atoms with Crippen LogP contribution in [0.15, 0.2) is 84.9 Å². The first kappa shape index (κ1) is 21.8.